The fraction of sp³-hybridized carbons (Fsp3) is 0.400. The third-order valence-electron chi connectivity index (χ3n) is 2.32. The molecule has 1 nitrogen and oxygen atoms in total. The summed E-state index contributed by atoms with van der Waals surface area (Å²) in [4.78, 5) is 2.36. The Morgan fingerprint density at radius 1 is 1.17 bits per heavy atom. The highest BCUT2D eigenvalue weighted by Crippen LogP contribution is 2.16. The van der Waals surface area contributed by atoms with E-state index in [-0.39, 0.29) is 12.4 Å². The molecule has 0 amide bonds. The molecule has 12 heavy (non-hydrogen) atoms. The number of halogens is 1. The summed E-state index contributed by atoms with van der Waals surface area (Å²) in [5, 5.41) is 0. The second-order valence-corrected chi connectivity index (χ2v) is 3.26. The van der Waals surface area contributed by atoms with Crippen LogP contribution < -0.4 is 0 Å². The molecule has 0 bridgehead atoms. The molecule has 66 valence electrons. The predicted molar refractivity (Wildman–Crippen MR) is 53.7 cm³/mol. The van der Waals surface area contributed by atoms with Crippen molar-refractivity contribution in [1.29, 1.82) is 0 Å². The lowest BCUT2D eigenvalue weighted by Gasteiger charge is -2.24. The minimum Gasteiger partial charge on any atom is -0.302 e. The number of rotatable bonds is 0. The van der Waals surface area contributed by atoms with Crippen LogP contribution in [0.5, 0.6) is 0 Å². The van der Waals surface area contributed by atoms with Crippen LogP contribution >= 0.6 is 12.4 Å². The molecule has 0 unspecified atom stereocenters. The zero-order chi connectivity index (χ0) is 7.68. The summed E-state index contributed by atoms with van der Waals surface area (Å²) in [5.74, 6) is 0. The lowest BCUT2D eigenvalue weighted by atomic mass is 10.0. The van der Waals surface area contributed by atoms with Crippen molar-refractivity contribution in [2.75, 3.05) is 13.6 Å². The maximum atomic E-state index is 2.36. The maximum absolute atomic E-state index is 2.36. The van der Waals surface area contributed by atoms with Gasteiger partial charge in [0.1, 0.15) is 0 Å². The van der Waals surface area contributed by atoms with E-state index in [4.69, 9.17) is 0 Å². The van der Waals surface area contributed by atoms with Crippen LogP contribution in [0.15, 0.2) is 24.3 Å². The van der Waals surface area contributed by atoms with Gasteiger partial charge in [-0.3, -0.25) is 0 Å². The Labute approximate surface area is 79.8 Å². The van der Waals surface area contributed by atoms with Gasteiger partial charge in [-0.25, -0.2) is 0 Å². The van der Waals surface area contributed by atoms with Gasteiger partial charge in [-0.1, -0.05) is 24.3 Å². The molecule has 0 spiro atoms. The van der Waals surface area contributed by atoms with Crippen LogP contribution in [0.1, 0.15) is 11.1 Å². The van der Waals surface area contributed by atoms with E-state index in [1.165, 1.54) is 24.1 Å². The Hall–Kier alpha value is -0.530. The normalized spacial score (nSPS) is 16.4. The Morgan fingerprint density at radius 3 is 2.58 bits per heavy atom. The summed E-state index contributed by atoms with van der Waals surface area (Å²) >= 11 is 0. The average molecular weight is 184 g/mol. The van der Waals surface area contributed by atoms with Crippen LogP contribution in [0.2, 0.25) is 0 Å². The molecule has 1 aromatic carbocycles. The molecular formula is C10H14ClN. The van der Waals surface area contributed by atoms with Gasteiger partial charge in [-0.2, -0.15) is 0 Å². The van der Waals surface area contributed by atoms with E-state index in [9.17, 15) is 0 Å². The second-order valence-electron chi connectivity index (χ2n) is 3.26. The van der Waals surface area contributed by atoms with Gasteiger partial charge in [0.15, 0.2) is 0 Å². The van der Waals surface area contributed by atoms with Crippen molar-refractivity contribution in [2.24, 2.45) is 0 Å². The topological polar surface area (TPSA) is 3.24 Å². The monoisotopic (exact) mass is 183 g/mol. The summed E-state index contributed by atoms with van der Waals surface area (Å²) in [6.45, 7) is 2.33. The van der Waals surface area contributed by atoms with Crippen molar-refractivity contribution in [3.63, 3.8) is 0 Å². The second kappa shape index (κ2) is 3.92. The van der Waals surface area contributed by atoms with E-state index in [0.29, 0.717) is 0 Å². The van der Waals surface area contributed by atoms with E-state index in [1.807, 2.05) is 0 Å². The van der Waals surface area contributed by atoms with Crippen LogP contribution in [0, 0.1) is 0 Å². The fourth-order valence-electron chi connectivity index (χ4n) is 1.64. The molecule has 0 aromatic heterocycles. The number of likely N-dealkylation sites (N-methyl/N-ethyl adjacent to an activating group) is 1. The minimum absolute atomic E-state index is 0. The molecule has 0 radical (unpaired) electrons. The van der Waals surface area contributed by atoms with Crippen molar-refractivity contribution in [2.45, 2.75) is 13.0 Å². The Balaban J connectivity index is 0.000000720. The summed E-state index contributed by atoms with van der Waals surface area (Å²) in [6.07, 6.45) is 1.21. The van der Waals surface area contributed by atoms with Gasteiger partial charge < -0.3 is 4.90 Å². The third-order valence-corrected chi connectivity index (χ3v) is 2.32. The quantitative estimate of drug-likeness (QED) is 0.596. The van der Waals surface area contributed by atoms with Gasteiger partial charge in [0.05, 0.1) is 0 Å². The molecular weight excluding hydrogens is 170 g/mol. The van der Waals surface area contributed by atoms with Gasteiger partial charge in [0.25, 0.3) is 0 Å². The number of nitrogens with zero attached hydrogens (tertiary/aromatic N) is 1. The van der Waals surface area contributed by atoms with Crippen LogP contribution in [0.25, 0.3) is 0 Å². The highest BCUT2D eigenvalue weighted by Gasteiger charge is 2.10. The standard InChI is InChI=1S/C10H13N.ClH/c1-11-7-6-9-4-2-3-5-10(9)8-11;/h2-5H,6-8H2,1H3;1H. The molecule has 2 heteroatoms. The Morgan fingerprint density at radius 2 is 1.83 bits per heavy atom. The van der Waals surface area contributed by atoms with E-state index in [0.717, 1.165) is 6.54 Å². The van der Waals surface area contributed by atoms with Crippen molar-refractivity contribution < 1.29 is 0 Å². The molecule has 0 fully saturated rings. The number of benzene rings is 1. The summed E-state index contributed by atoms with van der Waals surface area (Å²) in [5.41, 5.74) is 3.03. The molecule has 0 saturated heterocycles. The highest BCUT2D eigenvalue weighted by molar-refractivity contribution is 5.85. The molecule has 2 rings (SSSR count). The predicted octanol–water partition coefficient (Wildman–Crippen LogP) is 2.10. The van der Waals surface area contributed by atoms with Crippen LogP contribution in [-0.2, 0) is 13.0 Å². The van der Waals surface area contributed by atoms with Gasteiger partial charge in [0, 0.05) is 13.1 Å². The first-order valence-corrected chi connectivity index (χ1v) is 4.11. The molecule has 1 heterocycles. The summed E-state index contributed by atoms with van der Waals surface area (Å²) < 4.78 is 0. The molecule has 1 aliphatic heterocycles. The first-order chi connectivity index (χ1) is 5.36. The van der Waals surface area contributed by atoms with Crippen LogP contribution in [0.4, 0.5) is 0 Å². The largest absolute Gasteiger partial charge is 0.302 e. The SMILES string of the molecule is CN1CCc2ccccc2C1.Cl. The van der Waals surface area contributed by atoms with E-state index in [1.54, 1.807) is 0 Å². The molecule has 0 atom stereocenters. The van der Waals surface area contributed by atoms with Gasteiger partial charge in [-0.15, -0.1) is 12.4 Å². The number of fused-ring (bicyclic) bond motifs is 1. The Kier molecular flexibility index (Phi) is 3.12. The highest BCUT2D eigenvalue weighted by atomic mass is 35.5. The number of hydrogen-bond donors (Lipinski definition) is 0. The van der Waals surface area contributed by atoms with E-state index in [2.05, 4.69) is 36.2 Å². The molecule has 0 saturated carbocycles. The molecule has 1 aliphatic rings. The zero-order valence-electron chi connectivity index (χ0n) is 7.29. The fourth-order valence-corrected chi connectivity index (χ4v) is 1.64. The van der Waals surface area contributed by atoms with Crippen molar-refractivity contribution in [3.05, 3.63) is 35.4 Å². The molecule has 1 aromatic rings. The first-order valence-electron chi connectivity index (χ1n) is 4.11. The lowest BCUT2D eigenvalue weighted by molar-refractivity contribution is 0.313. The van der Waals surface area contributed by atoms with E-state index >= 15 is 0 Å². The molecule has 0 aliphatic carbocycles. The number of hydrogen-bond acceptors (Lipinski definition) is 1. The minimum atomic E-state index is 0. The third kappa shape index (κ3) is 1.79. The average Bonchev–Trinajstić information content (AvgIpc) is 2.04. The van der Waals surface area contributed by atoms with Gasteiger partial charge in [-0.05, 0) is 24.6 Å². The summed E-state index contributed by atoms with van der Waals surface area (Å²) in [6, 6.07) is 8.72. The van der Waals surface area contributed by atoms with E-state index < -0.39 is 0 Å². The lowest BCUT2D eigenvalue weighted by Crippen LogP contribution is -2.26. The molecule has 0 N–H and O–H groups in total. The smallest absolute Gasteiger partial charge is 0.0233 e. The van der Waals surface area contributed by atoms with Crippen LogP contribution in [0.3, 0.4) is 0 Å². The van der Waals surface area contributed by atoms with Crippen molar-refractivity contribution >= 4 is 12.4 Å². The van der Waals surface area contributed by atoms with Crippen molar-refractivity contribution in [1.82, 2.24) is 4.90 Å². The Bertz CT molecular complexity index is 260. The zero-order valence-corrected chi connectivity index (χ0v) is 8.10. The summed E-state index contributed by atoms with van der Waals surface area (Å²) in [7, 11) is 2.18. The van der Waals surface area contributed by atoms with Crippen LogP contribution in [-0.4, -0.2) is 18.5 Å². The van der Waals surface area contributed by atoms with Gasteiger partial charge >= 0.3 is 0 Å². The van der Waals surface area contributed by atoms with Crippen molar-refractivity contribution in [3.8, 4) is 0 Å². The first kappa shape index (κ1) is 9.56. The van der Waals surface area contributed by atoms with Gasteiger partial charge in [0.2, 0.25) is 0 Å². The maximum Gasteiger partial charge on any atom is 0.0233 e.